The number of benzene rings is 2. The maximum absolute atomic E-state index is 12.8. The van der Waals surface area contributed by atoms with Gasteiger partial charge in [-0.2, -0.15) is 0 Å². The summed E-state index contributed by atoms with van der Waals surface area (Å²) in [5.74, 6) is 0.433. The number of hydrogen-bond donors (Lipinski definition) is 2. The number of rotatable bonds is 6. The molecule has 1 aliphatic rings. The predicted octanol–water partition coefficient (Wildman–Crippen LogP) is 4.41. The molecule has 0 bridgehead atoms. The standard InChI is InChI=1S/C24H25N3O4S/c1-3-4-13-27-23(29)21(22(28)26-24(27)30)18-14-20(15-9-11-16(31-2)12-10-15)32-19-8-6-5-7-17(19)25-18/h5-12,20,29H,3-4,13-14H2,1-2H3,(H,26,28,30). The number of thioether (sulfide) groups is 1. The highest BCUT2D eigenvalue weighted by Gasteiger charge is 2.27. The van der Waals surface area contributed by atoms with E-state index in [0.29, 0.717) is 25.1 Å². The van der Waals surface area contributed by atoms with Gasteiger partial charge < -0.3 is 9.84 Å². The molecule has 166 valence electrons. The van der Waals surface area contributed by atoms with E-state index in [-0.39, 0.29) is 16.7 Å². The fourth-order valence-electron chi connectivity index (χ4n) is 3.72. The van der Waals surface area contributed by atoms with Crippen LogP contribution in [0.4, 0.5) is 5.69 Å². The lowest BCUT2D eigenvalue weighted by molar-refractivity contribution is 0.394. The fraction of sp³-hybridized carbons (Fsp3) is 0.292. The van der Waals surface area contributed by atoms with Crippen molar-refractivity contribution in [2.45, 2.75) is 42.9 Å². The van der Waals surface area contributed by atoms with E-state index in [4.69, 9.17) is 9.73 Å². The second kappa shape index (κ2) is 9.48. The minimum Gasteiger partial charge on any atom is -0.497 e. The fourth-order valence-corrected chi connectivity index (χ4v) is 4.95. The van der Waals surface area contributed by atoms with Crippen LogP contribution in [0.5, 0.6) is 11.6 Å². The zero-order chi connectivity index (χ0) is 22.7. The van der Waals surface area contributed by atoms with E-state index < -0.39 is 11.2 Å². The molecule has 3 aromatic rings. The van der Waals surface area contributed by atoms with Crippen LogP contribution in [0.2, 0.25) is 0 Å². The Labute approximate surface area is 189 Å². The van der Waals surface area contributed by atoms with E-state index in [1.165, 1.54) is 4.57 Å². The second-order valence-corrected chi connectivity index (χ2v) is 8.82. The Morgan fingerprint density at radius 3 is 2.66 bits per heavy atom. The molecule has 0 amide bonds. The van der Waals surface area contributed by atoms with Crippen molar-refractivity contribution >= 4 is 23.2 Å². The number of aromatic nitrogens is 2. The van der Waals surface area contributed by atoms with E-state index in [1.54, 1.807) is 18.9 Å². The molecule has 7 nitrogen and oxygen atoms in total. The lowest BCUT2D eigenvalue weighted by atomic mass is 10.0. The van der Waals surface area contributed by atoms with Gasteiger partial charge in [0, 0.05) is 23.1 Å². The summed E-state index contributed by atoms with van der Waals surface area (Å²) in [5.41, 5.74) is 1.05. The number of para-hydroxylation sites is 1. The molecule has 4 rings (SSSR count). The van der Waals surface area contributed by atoms with Crippen molar-refractivity contribution in [1.82, 2.24) is 9.55 Å². The van der Waals surface area contributed by atoms with Gasteiger partial charge in [-0.15, -0.1) is 11.8 Å². The van der Waals surface area contributed by atoms with Gasteiger partial charge in [0.1, 0.15) is 11.3 Å². The van der Waals surface area contributed by atoms with Gasteiger partial charge >= 0.3 is 5.69 Å². The highest BCUT2D eigenvalue weighted by molar-refractivity contribution is 7.99. The van der Waals surface area contributed by atoms with Crippen LogP contribution in [0, 0.1) is 0 Å². The second-order valence-electron chi connectivity index (χ2n) is 7.57. The van der Waals surface area contributed by atoms with Crippen LogP contribution >= 0.6 is 11.8 Å². The highest BCUT2D eigenvalue weighted by atomic mass is 32.2. The SMILES string of the molecule is CCCCn1c(O)c(C2=Nc3ccccc3SC(c3ccc(OC)cc3)C2)c(=O)[nH]c1=O. The Morgan fingerprint density at radius 1 is 1.19 bits per heavy atom. The molecule has 0 spiro atoms. The third-order valence-corrected chi connectivity index (χ3v) is 6.77. The molecule has 2 heterocycles. The number of hydrogen-bond acceptors (Lipinski definition) is 6. The quantitative estimate of drug-likeness (QED) is 0.579. The third kappa shape index (κ3) is 4.36. The summed E-state index contributed by atoms with van der Waals surface area (Å²) in [6.07, 6.45) is 1.97. The Kier molecular flexibility index (Phi) is 6.50. The summed E-state index contributed by atoms with van der Waals surface area (Å²) in [4.78, 5) is 33.2. The van der Waals surface area contributed by atoms with Gasteiger partial charge in [-0.3, -0.25) is 19.3 Å². The molecule has 0 aliphatic carbocycles. The van der Waals surface area contributed by atoms with Crippen molar-refractivity contribution in [3.05, 3.63) is 80.5 Å². The van der Waals surface area contributed by atoms with Gasteiger partial charge in [-0.05, 0) is 36.2 Å². The predicted molar refractivity (Wildman–Crippen MR) is 127 cm³/mol. The molecular formula is C24H25N3O4S. The first-order valence-corrected chi connectivity index (χ1v) is 11.4. The van der Waals surface area contributed by atoms with Crippen molar-refractivity contribution in [2.75, 3.05) is 7.11 Å². The Balaban J connectivity index is 1.84. The smallest absolute Gasteiger partial charge is 0.331 e. The molecule has 8 heteroatoms. The van der Waals surface area contributed by atoms with Crippen LogP contribution in [-0.2, 0) is 6.54 Å². The summed E-state index contributed by atoms with van der Waals surface area (Å²) in [6, 6.07) is 15.5. The average molecular weight is 452 g/mol. The van der Waals surface area contributed by atoms with Gasteiger partial charge in [0.2, 0.25) is 5.88 Å². The molecule has 1 atom stereocenters. The van der Waals surface area contributed by atoms with Crippen LogP contribution < -0.4 is 16.0 Å². The van der Waals surface area contributed by atoms with Gasteiger partial charge in [-0.1, -0.05) is 37.6 Å². The van der Waals surface area contributed by atoms with E-state index in [0.717, 1.165) is 28.3 Å². The number of methoxy groups -OCH3 is 1. The minimum atomic E-state index is -0.628. The van der Waals surface area contributed by atoms with Crippen molar-refractivity contribution in [1.29, 1.82) is 0 Å². The van der Waals surface area contributed by atoms with Crippen molar-refractivity contribution in [3.8, 4) is 11.6 Å². The number of unbranched alkanes of at least 4 members (excludes halogenated alkanes) is 1. The number of nitrogens with zero attached hydrogens (tertiary/aromatic N) is 2. The van der Waals surface area contributed by atoms with Crippen molar-refractivity contribution in [3.63, 3.8) is 0 Å². The van der Waals surface area contributed by atoms with Crippen LogP contribution in [0.3, 0.4) is 0 Å². The van der Waals surface area contributed by atoms with E-state index in [2.05, 4.69) is 4.98 Å². The van der Waals surface area contributed by atoms with Gasteiger partial charge in [0.15, 0.2) is 0 Å². The molecule has 0 saturated heterocycles. The number of ether oxygens (including phenoxy) is 1. The largest absolute Gasteiger partial charge is 0.497 e. The van der Waals surface area contributed by atoms with Gasteiger partial charge in [0.05, 0.1) is 18.5 Å². The lowest BCUT2D eigenvalue weighted by Gasteiger charge is -2.17. The molecule has 1 aromatic heterocycles. The zero-order valence-electron chi connectivity index (χ0n) is 18.0. The highest BCUT2D eigenvalue weighted by Crippen LogP contribution is 2.45. The summed E-state index contributed by atoms with van der Waals surface area (Å²) < 4.78 is 6.49. The molecule has 0 radical (unpaired) electrons. The normalized spacial score (nSPS) is 15.6. The molecule has 0 fully saturated rings. The first-order chi connectivity index (χ1) is 15.5. The number of aliphatic imine (C=N–C) groups is 1. The van der Waals surface area contributed by atoms with E-state index in [9.17, 15) is 14.7 Å². The molecule has 2 aromatic carbocycles. The molecule has 32 heavy (non-hydrogen) atoms. The molecule has 0 saturated carbocycles. The number of nitrogens with one attached hydrogen (secondary N) is 1. The summed E-state index contributed by atoms with van der Waals surface area (Å²) in [6.45, 7) is 2.32. The number of H-pyrrole nitrogens is 1. The van der Waals surface area contributed by atoms with Crippen molar-refractivity contribution < 1.29 is 9.84 Å². The zero-order valence-corrected chi connectivity index (χ0v) is 18.8. The molecule has 2 N–H and O–H groups in total. The van der Waals surface area contributed by atoms with Crippen molar-refractivity contribution in [2.24, 2.45) is 4.99 Å². The molecular weight excluding hydrogens is 426 g/mol. The van der Waals surface area contributed by atoms with Crippen LogP contribution in [0.25, 0.3) is 0 Å². The summed E-state index contributed by atoms with van der Waals surface area (Å²) >= 11 is 1.66. The minimum absolute atomic E-state index is 0.0434. The number of fused-ring (bicyclic) bond motifs is 1. The lowest BCUT2D eigenvalue weighted by Crippen LogP contribution is -2.34. The van der Waals surface area contributed by atoms with E-state index in [1.807, 2.05) is 55.5 Å². The van der Waals surface area contributed by atoms with Crippen LogP contribution in [0.15, 0.2) is 68.0 Å². The molecule has 1 unspecified atom stereocenters. The Hall–Kier alpha value is -3.26. The monoisotopic (exact) mass is 451 g/mol. The first kappa shape index (κ1) is 22.0. The maximum atomic E-state index is 12.8. The topological polar surface area (TPSA) is 96.7 Å². The number of aromatic hydroxyl groups is 1. The van der Waals surface area contributed by atoms with Crippen LogP contribution in [-0.4, -0.2) is 27.5 Å². The molecule has 1 aliphatic heterocycles. The van der Waals surface area contributed by atoms with Crippen LogP contribution in [0.1, 0.15) is 42.6 Å². The Morgan fingerprint density at radius 2 is 1.94 bits per heavy atom. The van der Waals surface area contributed by atoms with E-state index >= 15 is 0 Å². The summed E-state index contributed by atoms with van der Waals surface area (Å²) in [7, 11) is 1.62. The third-order valence-electron chi connectivity index (χ3n) is 5.45. The maximum Gasteiger partial charge on any atom is 0.331 e. The number of aromatic amines is 1. The Bertz CT molecular complexity index is 1260. The first-order valence-electron chi connectivity index (χ1n) is 10.6. The van der Waals surface area contributed by atoms with Gasteiger partial charge in [-0.25, -0.2) is 4.79 Å². The summed E-state index contributed by atoms with van der Waals surface area (Å²) in [5, 5.41) is 10.9. The van der Waals surface area contributed by atoms with Gasteiger partial charge in [0.25, 0.3) is 5.56 Å². The average Bonchev–Trinajstić information content (AvgIpc) is 2.98.